The van der Waals surface area contributed by atoms with E-state index in [-0.39, 0.29) is 0 Å². The predicted octanol–water partition coefficient (Wildman–Crippen LogP) is 0.500. The van der Waals surface area contributed by atoms with Crippen LogP contribution in [0.15, 0.2) is 30.3 Å². The summed E-state index contributed by atoms with van der Waals surface area (Å²) in [7, 11) is 0. The summed E-state index contributed by atoms with van der Waals surface area (Å²) in [6, 6.07) is 8.69. The van der Waals surface area contributed by atoms with Crippen molar-refractivity contribution >= 4 is 0 Å². The molecule has 1 aromatic carbocycles. The van der Waals surface area contributed by atoms with E-state index in [2.05, 4.69) is 5.92 Å². The van der Waals surface area contributed by atoms with E-state index in [0.29, 0.717) is 5.56 Å². The van der Waals surface area contributed by atoms with Crippen LogP contribution in [-0.4, -0.2) is 16.8 Å². The lowest BCUT2D eigenvalue weighted by Crippen LogP contribution is -2.27. The van der Waals surface area contributed by atoms with Gasteiger partial charge in [-0.3, -0.25) is 0 Å². The van der Waals surface area contributed by atoms with Crippen molar-refractivity contribution < 1.29 is 10.2 Å². The van der Waals surface area contributed by atoms with Gasteiger partial charge in [0.1, 0.15) is 0 Å². The highest BCUT2D eigenvalue weighted by atomic mass is 16.3. The Morgan fingerprint density at radius 3 is 2.33 bits per heavy atom. The number of terminal acetylenes is 1. The second kappa shape index (κ2) is 3.40. The van der Waals surface area contributed by atoms with Gasteiger partial charge in [-0.1, -0.05) is 36.3 Å². The number of aliphatic hydroxyl groups is 2. The van der Waals surface area contributed by atoms with Crippen LogP contribution in [0.5, 0.6) is 0 Å². The molecule has 1 rings (SSSR count). The fraction of sp³-hybridized carbons (Fsp3) is 0.200. The molecular weight excluding hydrogens is 152 g/mol. The molecule has 1 atom stereocenters. The molecule has 0 aliphatic carbocycles. The van der Waals surface area contributed by atoms with Crippen LogP contribution < -0.4 is 0 Å². The van der Waals surface area contributed by atoms with Gasteiger partial charge < -0.3 is 10.2 Å². The average molecular weight is 162 g/mol. The van der Waals surface area contributed by atoms with Crippen molar-refractivity contribution in [2.24, 2.45) is 0 Å². The Morgan fingerprint density at radius 2 is 1.92 bits per heavy atom. The first-order chi connectivity index (χ1) is 5.73. The number of benzene rings is 1. The van der Waals surface area contributed by atoms with E-state index in [1.807, 2.05) is 6.07 Å². The summed E-state index contributed by atoms with van der Waals surface area (Å²) in [4.78, 5) is 0. The van der Waals surface area contributed by atoms with Gasteiger partial charge in [0.15, 0.2) is 5.60 Å². The van der Waals surface area contributed by atoms with Gasteiger partial charge in [0.05, 0.1) is 6.61 Å². The summed E-state index contributed by atoms with van der Waals surface area (Å²) in [5.74, 6) is 2.15. The lowest BCUT2D eigenvalue weighted by atomic mass is 9.96. The maximum absolute atomic E-state index is 9.61. The van der Waals surface area contributed by atoms with E-state index in [0.717, 1.165) is 0 Å². The van der Waals surface area contributed by atoms with Crippen molar-refractivity contribution in [2.75, 3.05) is 6.61 Å². The van der Waals surface area contributed by atoms with E-state index in [1.165, 1.54) is 0 Å². The summed E-state index contributed by atoms with van der Waals surface area (Å²) >= 11 is 0. The molecular formula is C10H10O2. The Kier molecular flexibility index (Phi) is 2.49. The third kappa shape index (κ3) is 1.48. The molecule has 0 aliphatic heterocycles. The molecule has 0 aromatic heterocycles. The normalized spacial score (nSPS) is 14.8. The quantitative estimate of drug-likeness (QED) is 0.622. The van der Waals surface area contributed by atoms with Crippen LogP contribution in [0.4, 0.5) is 0 Å². The summed E-state index contributed by atoms with van der Waals surface area (Å²) in [6.45, 7) is -0.465. The zero-order valence-electron chi connectivity index (χ0n) is 6.57. The summed E-state index contributed by atoms with van der Waals surface area (Å²) in [5.41, 5.74) is -1.00. The molecule has 2 nitrogen and oxygen atoms in total. The van der Waals surface area contributed by atoms with Crippen molar-refractivity contribution in [1.82, 2.24) is 0 Å². The highest BCUT2D eigenvalue weighted by Gasteiger charge is 2.24. The lowest BCUT2D eigenvalue weighted by molar-refractivity contribution is 0.0331. The maximum Gasteiger partial charge on any atom is 0.173 e. The molecule has 0 aliphatic rings. The molecule has 0 amide bonds. The highest BCUT2D eigenvalue weighted by molar-refractivity contribution is 5.30. The zero-order chi connectivity index (χ0) is 9.03. The fourth-order valence-corrected chi connectivity index (χ4v) is 0.934. The van der Waals surface area contributed by atoms with Crippen LogP contribution in [-0.2, 0) is 5.60 Å². The third-order valence-corrected chi connectivity index (χ3v) is 1.72. The fourth-order valence-electron chi connectivity index (χ4n) is 0.934. The topological polar surface area (TPSA) is 40.5 Å². The van der Waals surface area contributed by atoms with Crippen LogP contribution in [0, 0.1) is 12.3 Å². The lowest BCUT2D eigenvalue weighted by Gasteiger charge is -2.19. The van der Waals surface area contributed by atoms with Crippen LogP contribution in [0.3, 0.4) is 0 Å². The van der Waals surface area contributed by atoms with E-state index >= 15 is 0 Å². The highest BCUT2D eigenvalue weighted by Crippen LogP contribution is 2.18. The minimum Gasteiger partial charge on any atom is -0.392 e. The molecule has 1 aromatic rings. The van der Waals surface area contributed by atoms with E-state index in [9.17, 15) is 5.11 Å². The molecule has 0 fully saturated rings. The number of hydrogen-bond donors (Lipinski definition) is 2. The van der Waals surface area contributed by atoms with Gasteiger partial charge in [-0.25, -0.2) is 0 Å². The summed E-state index contributed by atoms with van der Waals surface area (Å²) in [6.07, 6.45) is 5.09. The van der Waals surface area contributed by atoms with Crippen LogP contribution in [0.2, 0.25) is 0 Å². The Hall–Kier alpha value is -1.30. The van der Waals surface area contributed by atoms with Gasteiger partial charge in [0.2, 0.25) is 0 Å². The summed E-state index contributed by atoms with van der Waals surface area (Å²) in [5, 5.41) is 18.5. The minimum atomic E-state index is -1.54. The van der Waals surface area contributed by atoms with Crippen molar-refractivity contribution in [3.05, 3.63) is 35.9 Å². The second-order valence-corrected chi connectivity index (χ2v) is 2.53. The van der Waals surface area contributed by atoms with Gasteiger partial charge in [0.25, 0.3) is 0 Å². The number of rotatable bonds is 2. The predicted molar refractivity (Wildman–Crippen MR) is 46.3 cm³/mol. The maximum atomic E-state index is 9.61. The first-order valence-corrected chi connectivity index (χ1v) is 3.59. The summed E-state index contributed by atoms with van der Waals surface area (Å²) < 4.78 is 0. The van der Waals surface area contributed by atoms with Crippen molar-refractivity contribution in [2.45, 2.75) is 5.60 Å². The van der Waals surface area contributed by atoms with Crippen LogP contribution >= 0.6 is 0 Å². The van der Waals surface area contributed by atoms with Gasteiger partial charge in [-0.2, -0.15) is 0 Å². The SMILES string of the molecule is C#CC(O)(CO)c1ccccc1. The zero-order valence-corrected chi connectivity index (χ0v) is 6.57. The van der Waals surface area contributed by atoms with E-state index in [4.69, 9.17) is 11.5 Å². The molecule has 0 saturated carbocycles. The van der Waals surface area contributed by atoms with Crippen LogP contribution in [0.25, 0.3) is 0 Å². The Balaban J connectivity index is 3.06. The first-order valence-electron chi connectivity index (χ1n) is 3.59. The van der Waals surface area contributed by atoms with Gasteiger partial charge in [-0.15, -0.1) is 6.42 Å². The molecule has 12 heavy (non-hydrogen) atoms. The molecule has 1 unspecified atom stereocenters. The number of hydrogen-bond acceptors (Lipinski definition) is 2. The minimum absolute atomic E-state index is 0.465. The van der Waals surface area contributed by atoms with E-state index in [1.54, 1.807) is 24.3 Å². The first kappa shape index (κ1) is 8.79. The monoisotopic (exact) mass is 162 g/mol. The number of aliphatic hydroxyl groups excluding tert-OH is 1. The average Bonchev–Trinajstić information content (AvgIpc) is 2.18. The standard InChI is InChI=1S/C10H10O2/c1-2-10(12,8-11)9-6-4-3-5-7-9/h1,3-7,11-12H,8H2. The van der Waals surface area contributed by atoms with Crippen molar-refractivity contribution in [1.29, 1.82) is 0 Å². The van der Waals surface area contributed by atoms with Crippen LogP contribution in [0.1, 0.15) is 5.56 Å². The molecule has 0 saturated heterocycles. The Labute approximate surface area is 71.5 Å². The van der Waals surface area contributed by atoms with E-state index < -0.39 is 12.2 Å². The van der Waals surface area contributed by atoms with Gasteiger partial charge in [-0.05, 0) is 5.56 Å². The molecule has 62 valence electrons. The van der Waals surface area contributed by atoms with Gasteiger partial charge in [0, 0.05) is 0 Å². The molecule has 2 N–H and O–H groups in total. The molecule has 2 heteroatoms. The molecule has 0 spiro atoms. The Bertz CT molecular complexity index is 286. The molecule has 0 heterocycles. The second-order valence-electron chi connectivity index (χ2n) is 2.53. The van der Waals surface area contributed by atoms with Crippen molar-refractivity contribution in [3.8, 4) is 12.3 Å². The third-order valence-electron chi connectivity index (χ3n) is 1.72. The largest absolute Gasteiger partial charge is 0.392 e. The molecule has 0 radical (unpaired) electrons. The molecule has 0 bridgehead atoms. The van der Waals surface area contributed by atoms with Gasteiger partial charge >= 0.3 is 0 Å². The Morgan fingerprint density at radius 1 is 1.33 bits per heavy atom. The van der Waals surface area contributed by atoms with Crippen molar-refractivity contribution in [3.63, 3.8) is 0 Å². The smallest absolute Gasteiger partial charge is 0.173 e.